The van der Waals surface area contributed by atoms with Crippen LogP contribution in [0.2, 0.25) is 0 Å². The van der Waals surface area contributed by atoms with Crippen molar-refractivity contribution in [3.8, 4) is 5.75 Å². The summed E-state index contributed by atoms with van der Waals surface area (Å²) in [4.78, 5) is 4.95. The summed E-state index contributed by atoms with van der Waals surface area (Å²) in [6.45, 7) is 8.59. The van der Waals surface area contributed by atoms with E-state index in [9.17, 15) is 0 Å². The lowest BCUT2D eigenvalue weighted by atomic mass is 10.1. The molecule has 1 aromatic rings. The second kappa shape index (κ2) is 7.50. The van der Waals surface area contributed by atoms with Crippen molar-refractivity contribution in [2.24, 2.45) is 0 Å². The lowest BCUT2D eigenvalue weighted by molar-refractivity contribution is 0.153. The van der Waals surface area contributed by atoms with Gasteiger partial charge < -0.3 is 20.3 Å². The predicted octanol–water partition coefficient (Wildman–Crippen LogP) is 1.85. The van der Waals surface area contributed by atoms with E-state index in [1.807, 2.05) is 13.0 Å². The van der Waals surface area contributed by atoms with E-state index in [4.69, 9.17) is 10.5 Å². The van der Waals surface area contributed by atoms with Crippen molar-refractivity contribution >= 4 is 5.69 Å². The summed E-state index contributed by atoms with van der Waals surface area (Å²) in [5.41, 5.74) is 8.06. The van der Waals surface area contributed by atoms with E-state index in [0.29, 0.717) is 6.61 Å². The summed E-state index contributed by atoms with van der Waals surface area (Å²) in [6.07, 6.45) is 2.28. The first-order valence-corrected chi connectivity index (χ1v) is 7.61. The fourth-order valence-corrected chi connectivity index (χ4v) is 2.62. The molecule has 1 saturated heterocycles. The topological polar surface area (TPSA) is 41.7 Å². The van der Waals surface area contributed by atoms with Crippen LogP contribution in [-0.4, -0.2) is 56.2 Å². The lowest BCUT2D eigenvalue weighted by Crippen LogP contribution is -2.44. The maximum Gasteiger partial charge on any atom is 0.142 e. The molecule has 0 amide bonds. The molecule has 0 saturated carbocycles. The van der Waals surface area contributed by atoms with Gasteiger partial charge in [0.25, 0.3) is 0 Å². The standard InChI is InChI=1S/C16H27N3O/c1-3-20-16-7-6-14(13-15(16)17)5-4-8-19-11-9-18(2)10-12-19/h6-7,13H,3-5,8-12,17H2,1-2H3. The van der Waals surface area contributed by atoms with E-state index in [2.05, 4.69) is 29.0 Å². The fourth-order valence-electron chi connectivity index (χ4n) is 2.62. The number of piperazine rings is 1. The lowest BCUT2D eigenvalue weighted by Gasteiger charge is -2.32. The molecule has 0 atom stereocenters. The quantitative estimate of drug-likeness (QED) is 0.806. The molecule has 4 heteroatoms. The van der Waals surface area contributed by atoms with Crippen LogP contribution in [0.3, 0.4) is 0 Å². The van der Waals surface area contributed by atoms with Gasteiger partial charge in [0, 0.05) is 26.2 Å². The summed E-state index contributed by atoms with van der Waals surface area (Å²) in [6, 6.07) is 6.17. The van der Waals surface area contributed by atoms with Crippen molar-refractivity contribution < 1.29 is 4.74 Å². The highest BCUT2D eigenvalue weighted by molar-refractivity contribution is 5.54. The minimum Gasteiger partial charge on any atom is -0.492 e. The second-order valence-corrected chi connectivity index (χ2v) is 5.55. The summed E-state index contributed by atoms with van der Waals surface area (Å²) in [5.74, 6) is 0.801. The molecule has 20 heavy (non-hydrogen) atoms. The Hall–Kier alpha value is -1.26. The van der Waals surface area contributed by atoms with E-state index in [-0.39, 0.29) is 0 Å². The molecule has 2 rings (SSSR count). The highest BCUT2D eigenvalue weighted by Crippen LogP contribution is 2.23. The Balaban J connectivity index is 1.75. The van der Waals surface area contributed by atoms with Gasteiger partial charge in [-0.1, -0.05) is 6.07 Å². The Morgan fingerprint density at radius 2 is 1.95 bits per heavy atom. The predicted molar refractivity (Wildman–Crippen MR) is 84.3 cm³/mol. The van der Waals surface area contributed by atoms with Crippen molar-refractivity contribution in [1.82, 2.24) is 9.80 Å². The van der Waals surface area contributed by atoms with Gasteiger partial charge in [0.05, 0.1) is 12.3 Å². The van der Waals surface area contributed by atoms with Gasteiger partial charge in [0.2, 0.25) is 0 Å². The molecule has 1 fully saturated rings. The van der Waals surface area contributed by atoms with E-state index in [1.165, 1.54) is 44.7 Å². The largest absolute Gasteiger partial charge is 0.492 e. The van der Waals surface area contributed by atoms with Crippen LogP contribution in [0.4, 0.5) is 5.69 Å². The number of rotatable bonds is 6. The first-order valence-electron chi connectivity index (χ1n) is 7.61. The molecule has 2 N–H and O–H groups in total. The van der Waals surface area contributed by atoms with Gasteiger partial charge in [0.1, 0.15) is 5.75 Å². The van der Waals surface area contributed by atoms with Gasteiger partial charge in [0.15, 0.2) is 0 Å². The van der Waals surface area contributed by atoms with Gasteiger partial charge in [-0.15, -0.1) is 0 Å². The normalized spacial score (nSPS) is 17.3. The molecule has 0 radical (unpaired) electrons. The SMILES string of the molecule is CCOc1ccc(CCCN2CCN(C)CC2)cc1N. The van der Waals surface area contributed by atoms with Crippen molar-refractivity contribution in [3.05, 3.63) is 23.8 Å². The van der Waals surface area contributed by atoms with Crippen molar-refractivity contribution in [2.45, 2.75) is 19.8 Å². The van der Waals surface area contributed by atoms with Crippen LogP contribution in [-0.2, 0) is 6.42 Å². The van der Waals surface area contributed by atoms with Gasteiger partial charge in [-0.3, -0.25) is 0 Å². The molecule has 0 unspecified atom stereocenters. The molecule has 112 valence electrons. The highest BCUT2D eigenvalue weighted by Gasteiger charge is 2.12. The first kappa shape index (κ1) is 15.1. The van der Waals surface area contributed by atoms with Gasteiger partial charge in [-0.25, -0.2) is 0 Å². The molecule has 4 nitrogen and oxygen atoms in total. The third-order valence-electron chi connectivity index (χ3n) is 3.91. The zero-order valence-electron chi connectivity index (χ0n) is 12.8. The van der Waals surface area contributed by atoms with Crippen LogP contribution in [0.15, 0.2) is 18.2 Å². The Bertz CT molecular complexity index is 414. The summed E-state index contributed by atoms with van der Waals surface area (Å²) < 4.78 is 5.46. The first-order chi connectivity index (χ1) is 9.69. The number of nitrogens with zero attached hydrogens (tertiary/aromatic N) is 2. The van der Waals surface area contributed by atoms with Crippen LogP contribution in [0.1, 0.15) is 18.9 Å². The monoisotopic (exact) mass is 277 g/mol. The van der Waals surface area contributed by atoms with Gasteiger partial charge >= 0.3 is 0 Å². The average Bonchev–Trinajstić information content (AvgIpc) is 2.44. The fraction of sp³-hybridized carbons (Fsp3) is 0.625. The molecule has 0 aromatic heterocycles. The van der Waals surface area contributed by atoms with Gasteiger partial charge in [-0.05, 0) is 51.1 Å². The summed E-state index contributed by atoms with van der Waals surface area (Å²) in [7, 11) is 2.19. The van der Waals surface area contributed by atoms with Crippen LogP contribution >= 0.6 is 0 Å². The Labute approximate surface area is 122 Å². The number of ether oxygens (including phenoxy) is 1. The van der Waals surface area contributed by atoms with E-state index in [0.717, 1.165) is 17.9 Å². The minimum absolute atomic E-state index is 0.660. The van der Waals surface area contributed by atoms with E-state index < -0.39 is 0 Å². The Morgan fingerprint density at radius 3 is 2.60 bits per heavy atom. The zero-order valence-corrected chi connectivity index (χ0v) is 12.8. The van der Waals surface area contributed by atoms with Crippen LogP contribution in [0.5, 0.6) is 5.75 Å². The highest BCUT2D eigenvalue weighted by atomic mass is 16.5. The van der Waals surface area contributed by atoms with Crippen LogP contribution < -0.4 is 10.5 Å². The Kier molecular flexibility index (Phi) is 5.68. The average molecular weight is 277 g/mol. The molecule has 1 aromatic carbocycles. The molecule has 1 heterocycles. The van der Waals surface area contributed by atoms with Crippen molar-refractivity contribution in [2.75, 3.05) is 52.1 Å². The minimum atomic E-state index is 0.660. The molecule has 0 spiro atoms. The number of nitrogens with two attached hydrogens (primary N) is 1. The second-order valence-electron chi connectivity index (χ2n) is 5.55. The van der Waals surface area contributed by atoms with Crippen molar-refractivity contribution in [1.29, 1.82) is 0 Å². The third-order valence-corrected chi connectivity index (χ3v) is 3.91. The molecule has 0 aliphatic carbocycles. The number of hydrogen-bond donors (Lipinski definition) is 1. The number of aryl methyl sites for hydroxylation is 1. The van der Waals surface area contributed by atoms with E-state index in [1.54, 1.807) is 0 Å². The number of benzene rings is 1. The molecule has 0 bridgehead atoms. The molecular weight excluding hydrogens is 250 g/mol. The number of anilines is 1. The zero-order chi connectivity index (χ0) is 14.4. The maximum absolute atomic E-state index is 6.00. The van der Waals surface area contributed by atoms with Crippen molar-refractivity contribution in [3.63, 3.8) is 0 Å². The Morgan fingerprint density at radius 1 is 1.20 bits per heavy atom. The van der Waals surface area contributed by atoms with E-state index >= 15 is 0 Å². The van der Waals surface area contributed by atoms with Gasteiger partial charge in [-0.2, -0.15) is 0 Å². The number of likely N-dealkylation sites (N-methyl/N-ethyl adjacent to an activating group) is 1. The smallest absolute Gasteiger partial charge is 0.142 e. The summed E-state index contributed by atoms with van der Waals surface area (Å²) >= 11 is 0. The molecule has 1 aliphatic heterocycles. The summed E-state index contributed by atoms with van der Waals surface area (Å²) in [5, 5.41) is 0. The molecule has 1 aliphatic rings. The molecular formula is C16H27N3O. The van der Waals surface area contributed by atoms with Crippen LogP contribution in [0.25, 0.3) is 0 Å². The third kappa shape index (κ3) is 4.39. The number of hydrogen-bond acceptors (Lipinski definition) is 4. The van der Waals surface area contributed by atoms with Crippen LogP contribution in [0, 0.1) is 0 Å². The number of nitrogen functional groups attached to an aromatic ring is 1. The maximum atomic E-state index is 6.00.